The molecule has 2 rings (SSSR count). The summed E-state index contributed by atoms with van der Waals surface area (Å²) in [7, 11) is 6.49. The molecule has 0 saturated carbocycles. The molecule has 0 fully saturated rings. The van der Waals surface area contributed by atoms with Gasteiger partial charge in [-0.15, -0.1) is 0 Å². The molecule has 0 heterocycles. The normalized spacial score (nSPS) is 11.1. The van der Waals surface area contributed by atoms with Crippen molar-refractivity contribution in [2.75, 3.05) is 0 Å². The molecule has 0 bridgehead atoms. The summed E-state index contributed by atoms with van der Waals surface area (Å²) in [6.07, 6.45) is 0. The first-order valence-corrected chi connectivity index (χ1v) is 9.23. The number of benzene rings is 2. The summed E-state index contributed by atoms with van der Waals surface area (Å²) in [6.45, 7) is 0. The molecule has 0 N–H and O–H groups in total. The van der Waals surface area contributed by atoms with Crippen LogP contribution in [0, 0.1) is 7.14 Å². The second-order valence-electron chi connectivity index (χ2n) is 2.83. The summed E-state index contributed by atoms with van der Waals surface area (Å²) < 4.78 is 2.59. The van der Waals surface area contributed by atoms with E-state index in [-0.39, 0.29) is 0 Å². The van der Waals surface area contributed by atoms with Crippen LogP contribution >= 0.6 is 27.6 Å². The van der Waals surface area contributed by atoms with Crippen LogP contribution in [0.25, 0.3) is 0 Å². The van der Waals surface area contributed by atoms with E-state index in [1.54, 1.807) is 0 Å². The van der Waals surface area contributed by atoms with E-state index in [1.165, 1.54) is 7.14 Å². The zero-order chi connectivity index (χ0) is 9.80. The van der Waals surface area contributed by atoms with Crippen LogP contribution < -0.4 is 0 Å². The van der Waals surface area contributed by atoms with E-state index in [0.717, 1.165) is 0 Å². The molecule has 0 radical (unpaired) electrons. The molecular weight excluding hydrogens is 306 g/mol. The molecule has 0 aliphatic rings. The van der Waals surface area contributed by atoms with Gasteiger partial charge in [0, 0.05) is 0 Å². The van der Waals surface area contributed by atoms with Gasteiger partial charge in [0.2, 0.25) is 0 Å². The Balaban J connectivity index is 2.30. The van der Waals surface area contributed by atoms with Crippen molar-refractivity contribution in [1.82, 2.24) is 0 Å². The molecule has 0 nitrogen and oxygen atoms in total. The van der Waals surface area contributed by atoms with Gasteiger partial charge in [-0.25, -0.2) is 0 Å². The Morgan fingerprint density at radius 2 is 1.00 bits per heavy atom. The third-order valence-electron chi connectivity index (χ3n) is 1.85. The van der Waals surface area contributed by atoms with Gasteiger partial charge in [0.25, 0.3) is 0 Å². The summed E-state index contributed by atoms with van der Waals surface area (Å²) in [5.41, 5.74) is 0. The molecule has 2 aromatic rings. The molecule has 2 aromatic carbocycles. The SMILES string of the molecule is ClI(c1ccccc1)c1ccccc1. The minimum absolute atomic E-state index is 1.30. The van der Waals surface area contributed by atoms with Crippen LogP contribution in [0.15, 0.2) is 60.7 Å². The predicted octanol–water partition coefficient (Wildman–Crippen LogP) is 4.39. The van der Waals surface area contributed by atoms with E-state index in [0.29, 0.717) is 0 Å². The van der Waals surface area contributed by atoms with Crippen molar-refractivity contribution >= 4 is 27.6 Å². The van der Waals surface area contributed by atoms with Crippen LogP contribution in [0.2, 0.25) is 0 Å². The Bertz CT molecular complexity index is 346. The van der Waals surface area contributed by atoms with Gasteiger partial charge in [-0.1, -0.05) is 0 Å². The first kappa shape index (κ1) is 9.99. The fraction of sp³-hybridized carbons (Fsp3) is 0. The van der Waals surface area contributed by atoms with Crippen molar-refractivity contribution < 1.29 is 0 Å². The van der Waals surface area contributed by atoms with Crippen LogP contribution in [-0.2, 0) is 0 Å². The molecule has 0 aliphatic heterocycles. The van der Waals surface area contributed by atoms with Gasteiger partial charge >= 0.3 is 95.4 Å². The Morgan fingerprint density at radius 3 is 1.36 bits per heavy atom. The molecule has 72 valence electrons. The van der Waals surface area contributed by atoms with Crippen molar-refractivity contribution in [3.8, 4) is 0 Å². The standard InChI is InChI=1S/C12H10ClI/c13-14(11-7-3-1-4-8-11)12-9-5-2-6-10-12/h1-10H. The fourth-order valence-electron chi connectivity index (χ4n) is 1.18. The van der Waals surface area contributed by atoms with Crippen molar-refractivity contribution in [1.29, 1.82) is 0 Å². The van der Waals surface area contributed by atoms with Crippen LogP contribution in [0.1, 0.15) is 0 Å². The van der Waals surface area contributed by atoms with Gasteiger partial charge in [0.1, 0.15) is 0 Å². The second-order valence-corrected chi connectivity index (χ2v) is 8.59. The molecule has 0 saturated heterocycles. The van der Waals surface area contributed by atoms with E-state index in [4.69, 9.17) is 8.91 Å². The Hall–Kier alpha value is -0.540. The first-order chi connectivity index (χ1) is 6.88. The third-order valence-corrected chi connectivity index (χ3v) is 7.69. The van der Waals surface area contributed by atoms with Gasteiger partial charge in [0.05, 0.1) is 0 Å². The third kappa shape index (κ3) is 2.28. The van der Waals surface area contributed by atoms with Crippen molar-refractivity contribution in [2.45, 2.75) is 0 Å². The summed E-state index contributed by atoms with van der Waals surface area (Å²) >= 11 is -1.63. The average Bonchev–Trinajstić information content (AvgIpc) is 2.30. The van der Waals surface area contributed by atoms with E-state index in [9.17, 15) is 0 Å². The van der Waals surface area contributed by atoms with E-state index < -0.39 is 18.7 Å². The van der Waals surface area contributed by atoms with Gasteiger partial charge in [-0.3, -0.25) is 0 Å². The second kappa shape index (κ2) is 4.80. The zero-order valence-electron chi connectivity index (χ0n) is 7.53. The molecule has 0 amide bonds. The number of halogens is 2. The maximum atomic E-state index is 6.49. The molecule has 0 spiro atoms. The number of hydrogen-bond acceptors (Lipinski definition) is 0. The van der Waals surface area contributed by atoms with Crippen LogP contribution in [-0.4, -0.2) is 0 Å². The summed E-state index contributed by atoms with van der Waals surface area (Å²) in [5, 5.41) is 0. The van der Waals surface area contributed by atoms with Gasteiger partial charge in [0.15, 0.2) is 0 Å². The molecule has 2 heteroatoms. The minimum atomic E-state index is -1.63. The Labute approximate surface area is 95.0 Å². The predicted molar refractivity (Wildman–Crippen MR) is 70.2 cm³/mol. The van der Waals surface area contributed by atoms with Crippen LogP contribution in [0.5, 0.6) is 0 Å². The van der Waals surface area contributed by atoms with Gasteiger partial charge in [-0.05, 0) is 0 Å². The number of hydrogen-bond donors (Lipinski definition) is 0. The van der Waals surface area contributed by atoms with Crippen molar-refractivity contribution in [3.63, 3.8) is 0 Å². The molecular formula is C12H10ClI. The monoisotopic (exact) mass is 316 g/mol. The Morgan fingerprint density at radius 1 is 0.643 bits per heavy atom. The zero-order valence-corrected chi connectivity index (χ0v) is 10.4. The average molecular weight is 317 g/mol. The van der Waals surface area contributed by atoms with E-state index in [1.807, 2.05) is 36.4 Å². The number of rotatable bonds is 2. The summed E-state index contributed by atoms with van der Waals surface area (Å²) in [5.74, 6) is 0. The summed E-state index contributed by atoms with van der Waals surface area (Å²) in [6, 6.07) is 20.7. The van der Waals surface area contributed by atoms with Gasteiger partial charge < -0.3 is 0 Å². The van der Waals surface area contributed by atoms with Crippen molar-refractivity contribution in [3.05, 3.63) is 67.8 Å². The maximum absolute atomic E-state index is 6.49. The molecule has 0 unspecified atom stereocenters. The molecule has 0 aromatic heterocycles. The van der Waals surface area contributed by atoms with Gasteiger partial charge in [-0.2, -0.15) is 0 Å². The van der Waals surface area contributed by atoms with Crippen LogP contribution in [0.4, 0.5) is 0 Å². The van der Waals surface area contributed by atoms with E-state index >= 15 is 0 Å². The molecule has 0 aliphatic carbocycles. The molecule has 0 atom stereocenters. The van der Waals surface area contributed by atoms with Crippen molar-refractivity contribution in [2.24, 2.45) is 0 Å². The first-order valence-electron chi connectivity index (χ1n) is 4.34. The Kier molecular flexibility index (Phi) is 3.43. The van der Waals surface area contributed by atoms with Crippen LogP contribution in [0.3, 0.4) is 0 Å². The molecule has 14 heavy (non-hydrogen) atoms. The summed E-state index contributed by atoms with van der Waals surface area (Å²) in [4.78, 5) is 0. The topological polar surface area (TPSA) is 0 Å². The fourth-order valence-corrected chi connectivity index (χ4v) is 5.27. The van der Waals surface area contributed by atoms with E-state index in [2.05, 4.69) is 24.3 Å². The quantitative estimate of drug-likeness (QED) is 0.721.